The van der Waals surface area contributed by atoms with E-state index in [0.29, 0.717) is 5.25 Å². The molecule has 0 radical (unpaired) electrons. The summed E-state index contributed by atoms with van der Waals surface area (Å²) in [6.07, 6.45) is 11.7. The Morgan fingerprint density at radius 3 is 2.60 bits per heavy atom. The standard InChI is InChI=1S/C15H19N3OS/c19-20-13-3-4-14(20)8-11(7-13)12-9-16-15(17-10-12)18-5-1-2-6-18/h7,9-10,13-14H,1-6,8H2. The van der Waals surface area contributed by atoms with E-state index in [9.17, 15) is 4.21 Å². The van der Waals surface area contributed by atoms with Crippen molar-refractivity contribution in [3.05, 3.63) is 24.0 Å². The number of rotatable bonds is 2. The lowest BCUT2D eigenvalue weighted by Crippen LogP contribution is -2.21. The summed E-state index contributed by atoms with van der Waals surface area (Å²) in [5, 5.41) is 0.625. The van der Waals surface area contributed by atoms with Crippen LogP contribution >= 0.6 is 0 Å². The zero-order chi connectivity index (χ0) is 13.5. The minimum atomic E-state index is -0.645. The largest absolute Gasteiger partial charge is 0.341 e. The molecule has 0 aliphatic carbocycles. The first kappa shape index (κ1) is 12.5. The summed E-state index contributed by atoms with van der Waals surface area (Å²) in [5.74, 6) is 0.856. The van der Waals surface area contributed by atoms with Crippen molar-refractivity contribution < 1.29 is 4.21 Å². The highest BCUT2D eigenvalue weighted by Gasteiger charge is 2.36. The molecule has 0 saturated carbocycles. The topological polar surface area (TPSA) is 46.1 Å². The predicted octanol–water partition coefficient (Wildman–Crippen LogP) is 2.14. The van der Waals surface area contributed by atoms with Gasteiger partial charge in [0.1, 0.15) is 0 Å². The summed E-state index contributed by atoms with van der Waals surface area (Å²) in [4.78, 5) is 11.3. The van der Waals surface area contributed by atoms with Gasteiger partial charge in [0.25, 0.3) is 0 Å². The van der Waals surface area contributed by atoms with Crippen molar-refractivity contribution >= 4 is 22.3 Å². The minimum absolute atomic E-state index is 0.266. The Bertz CT molecular complexity index is 563. The van der Waals surface area contributed by atoms with Gasteiger partial charge in [-0.3, -0.25) is 4.21 Å². The minimum Gasteiger partial charge on any atom is -0.341 e. The van der Waals surface area contributed by atoms with Crippen LogP contribution < -0.4 is 4.90 Å². The van der Waals surface area contributed by atoms with Crippen molar-refractivity contribution in [2.24, 2.45) is 0 Å². The van der Waals surface area contributed by atoms with Gasteiger partial charge in [0.15, 0.2) is 0 Å². The number of allylic oxidation sites excluding steroid dienone is 1. The molecule has 0 N–H and O–H groups in total. The Morgan fingerprint density at radius 1 is 1.15 bits per heavy atom. The lowest BCUT2D eigenvalue weighted by molar-refractivity contribution is 0.674. The average molecular weight is 289 g/mol. The van der Waals surface area contributed by atoms with Gasteiger partial charge in [-0.2, -0.15) is 0 Å². The molecule has 20 heavy (non-hydrogen) atoms. The van der Waals surface area contributed by atoms with E-state index in [1.165, 1.54) is 18.4 Å². The Kier molecular flexibility index (Phi) is 3.10. The molecule has 5 heteroatoms. The smallest absolute Gasteiger partial charge is 0.225 e. The van der Waals surface area contributed by atoms with E-state index in [0.717, 1.165) is 43.9 Å². The fourth-order valence-corrected chi connectivity index (χ4v) is 5.36. The van der Waals surface area contributed by atoms with Gasteiger partial charge in [0.05, 0.1) is 5.25 Å². The Morgan fingerprint density at radius 2 is 1.90 bits per heavy atom. The van der Waals surface area contributed by atoms with Gasteiger partial charge >= 0.3 is 0 Å². The summed E-state index contributed by atoms with van der Waals surface area (Å²) in [5.41, 5.74) is 2.41. The number of aromatic nitrogens is 2. The SMILES string of the molecule is O=S1C2C=C(c3cnc(N4CCCC4)nc3)CC1CC2. The molecule has 4 heterocycles. The van der Waals surface area contributed by atoms with Crippen LogP contribution in [0.2, 0.25) is 0 Å². The molecule has 2 fully saturated rings. The van der Waals surface area contributed by atoms with E-state index in [-0.39, 0.29) is 5.25 Å². The van der Waals surface area contributed by atoms with Gasteiger partial charge in [0, 0.05) is 47.1 Å². The number of hydrogen-bond acceptors (Lipinski definition) is 4. The van der Waals surface area contributed by atoms with Gasteiger partial charge in [-0.05, 0) is 37.7 Å². The molecule has 2 saturated heterocycles. The van der Waals surface area contributed by atoms with E-state index in [1.807, 2.05) is 12.4 Å². The summed E-state index contributed by atoms with van der Waals surface area (Å²) in [6, 6.07) is 0. The molecule has 3 unspecified atom stereocenters. The third-order valence-electron chi connectivity index (χ3n) is 4.63. The molecular weight excluding hydrogens is 270 g/mol. The average Bonchev–Trinajstić information content (AvgIpc) is 3.06. The zero-order valence-electron chi connectivity index (χ0n) is 11.5. The lowest BCUT2D eigenvalue weighted by atomic mass is 10.0. The molecule has 3 atom stereocenters. The number of nitrogens with zero attached hydrogens (tertiary/aromatic N) is 3. The van der Waals surface area contributed by atoms with Crippen LogP contribution in [0.5, 0.6) is 0 Å². The fraction of sp³-hybridized carbons (Fsp3) is 0.600. The first-order valence-corrected chi connectivity index (χ1v) is 8.76. The number of anilines is 1. The third-order valence-corrected chi connectivity index (χ3v) is 6.66. The summed E-state index contributed by atoms with van der Waals surface area (Å²) < 4.78 is 12.0. The highest BCUT2D eigenvalue weighted by atomic mass is 32.2. The van der Waals surface area contributed by atoms with Crippen LogP contribution in [0.15, 0.2) is 18.5 Å². The van der Waals surface area contributed by atoms with E-state index in [1.54, 1.807) is 0 Å². The van der Waals surface area contributed by atoms with Gasteiger partial charge in [-0.15, -0.1) is 0 Å². The molecule has 3 aliphatic heterocycles. The normalized spacial score (nSPS) is 32.5. The molecule has 4 rings (SSSR count). The quantitative estimate of drug-likeness (QED) is 0.837. The van der Waals surface area contributed by atoms with Crippen LogP contribution in [0.3, 0.4) is 0 Å². The lowest BCUT2D eigenvalue weighted by Gasteiger charge is -2.20. The maximum absolute atomic E-state index is 12.0. The Hall–Kier alpha value is -1.23. The van der Waals surface area contributed by atoms with Crippen molar-refractivity contribution in [3.8, 4) is 0 Å². The van der Waals surface area contributed by atoms with Gasteiger partial charge in [-0.1, -0.05) is 6.08 Å². The van der Waals surface area contributed by atoms with E-state index in [2.05, 4.69) is 20.9 Å². The highest BCUT2D eigenvalue weighted by molar-refractivity contribution is 7.86. The molecule has 3 aliphatic rings. The summed E-state index contributed by atoms with van der Waals surface area (Å²) >= 11 is 0. The third kappa shape index (κ3) is 2.08. The molecule has 0 amide bonds. The monoisotopic (exact) mass is 289 g/mol. The molecular formula is C15H19N3OS. The molecule has 0 aromatic carbocycles. The number of hydrogen-bond donors (Lipinski definition) is 0. The van der Waals surface area contributed by atoms with Crippen LogP contribution in [0.25, 0.3) is 5.57 Å². The van der Waals surface area contributed by atoms with Crippen LogP contribution in [-0.4, -0.2) is 37.8 Å². The molecule has 106 valence electrons. The van der Waals surface area contributed by atoms with Crippen molar-refractivity contribution in [1.29, 1.82) is 0 Å². The first-order valence-electron chi connectivity index (χ1n) is 7.49. The van der Waals surface area contributed by atoms with Crippen molar-refractivity contribution in [3.63, 3.8) is 0 Å². The maximum Gasteiger partial charge on any atom is 0.225 e. The summed E-state index contributed by atoms with van der Waals surface area (Å²) in [7, 11) is -0.645. The molecule has 1 aromatic heterocycles. The predicted molar refractivity (Wildman–Crippen MR) is 81.0 cm³/mol. The second-order valence-electron chi connectivity index (χ2n) is 5.93. The van der Waals surface area contributed by atoms with Crippen LogP contribution in [0.4, 0.5) is 5.95 Å². The van der Waals surface area contributed by atoms with E-state index >= 15 is 0 Å². The van der Waals surface area contributed by atoms with Crippen LogP contribution in [0, 0.1) is 0 Å². The van der Waals surface area contributed by atoms with Gasteiger partial charge in [-0.25, -0.2) is 9.97 Å². The Labute approximate surface area is 121 Å². The number of fused-ring (bicyclic) bond motifs is 2. The molecule has 4 nitrogen and oxygen atoms in total. The highest BCUT2D eigenvalue weighted by Crippen LogP contribution is 2.38. The Balaban J connectivity index is 1.57. The van der Waals surface area contributed by atoms with Crippen molar-refractivity contribution in [1.82, 2.24) is 9.97 Å². The van der Waals surface area contributed by atoms with Crippen LogP contribution in [0.1, 0.15) is 37.7 Å². The maximum atomic E-state index is 12.0. The van der Waals surface area contributed by atoms with Gasteiger partial charge in [0.2, 0.25) is 5.95 Å². The first-order chi connectivity index (χ1) is 9.81. The second kappa shape index (κ2) is 4.95. The molecule has 0 spiro atoms. The van der Waals surface area contributed by atoms with Gasteiger partial charge < -0.3 is 4.90 Å². The summed E-state index contributed by atoms with van der Waals surface area (Å²) in [6.45, 7) is 2.15. The van der Waals surface area contributed by atoms with Crippen molar-refractivity contribution in [2.45, 2.75) is 42.6 Å². The molecule has 2 bridgehead atoms. The molecule has 1 aromatic rings. The van der Waals surface area contributed by atoms with E-state index in [4.69, 9.17) is 0 Å². The van der Waals surface area contributed by atoms with Crippen molar-refractivity contribution in [2.75, 3.05) is 18.0 Å². The van der Waals surface area contributed by atoms with E-state index < -0.39 is 10.8 Å². The second-order valence-corrected chi connectivity index (χ2v) is 7.86. The fourth-order valence-electron chi connectivity index (χ4n) is 3.48. The van der Waals surface area contributed by atoms with Crippen LogP contribution in [-0.2, 0) is 10.8 Å². The zero-order valence-corrected chi connectivity index (χ0v) is 12.3.